The summed E-state index contributed by atoms with van der Waals surface area (Å²) in [6.07, 6.45) is 0.0304. The summed E-state index contributed by atoms with van der Waals surface area (Å²) in [5.41, 5.74) is 1.07. The zero-order valence-electron chi connectivity index (χ0n) is 12.2. The van der Waals surface area contributed by atoms with E-state index in [1.807, 2.05) is 6.92 Å². The zero-order valence-corrected chi connectivity index (χ0v) is 13.0. The second-order valence-electron chi connectivity index (χ2n) is 5.52. The summed E-state index contributed by atoms with van der Waals surface area (Å²) in [4.78, 5) is 8.08. The molecule has 1 fully saturated rings. The van der Waals surface area contributed by atoms with E-state index in [0.29, 0.717) is 19.1 Å². The van der Waals surface area contributed by atoms with Crippen LogP contribution in [0, 0.1) is 13.8 Å². The number of aliphatic hydroxyl groups is 1. The predicted molar refractivity (Wildman–Crippen MR) is 77.7 cm³/mol. The molecule has 2 unspecified atom stereocenters. The number of aryl methyl sites for hydroxylation is 2. The van der Waals surface area contributed by atoms with Gasteiger partial charge in [-0.25, -0.2) is 4.98 Å². The molecule has 0 spiro atoms. The summed E-state index contributed by atoms with van der Waals surface area (Å²) in [7, 11) is 0. The minimum Gasteiger partial charge on any atom is -0.390 e. The Bertz CT molecular complexity index is 400. The van der Waals surface area contributed by atoms with Crippen LogP contribution in [-0.2, 0) is 11.2 Å². The molecule has 1 aromatic heterocycles. The molecule has 0 aliphatic carbocycles. The minimum atomic E-state index is -0.466. The van der Waals surface area contributed by atoms with Crippen LogP contribution >= 0.6 is 11.3 Å². The van der Waals surface area contributed by atoms with Crippen molar-refractivity contribution in [3.05, 3.63) is 15.6 Å². The van der Waals surface area contributed by atoms with Gasteiger partial charge in [0.05, 0.1) is 29.5 Å². The first-order valence-corrected chi connectivity index (χ1v) is 7.75. The fourth-order valence-corrected chi connectivity index (χ4v) is 3.32. The van der Waals surface area contributed by atoms with Crippen molar-refractivity contribution < 1.29 is 9.84 Å². The van der Waals surface area contributed by atoms with E-state index in [1.165, 1.54) is 4.88 Å². The van der Waals surface area contributed by atoms with Crippen LogP contribution in [0.1, 0.15) is 29.4 Å². The van der Waals surface area contributed by atoms with Gasteiger partial charge >= 0.3 is 0 Å². The van der Waals surface area contributed by atoms with E-state index in [2.05, 4.69) is 30.7 Å². The molecule has 1 aromatic rings. The number of thiazole rings is 1. The van der Waals surface area contributed by atoms with Crippen LogP contribution in [0.25, 0.3) is 0 Å². The van der Waals surface area contributed by atoms with Gasteiger partial charge in [0.15, 0.2) is 0 Å². The number of rotatable bonds is 4. The van der Waals surface area contributed by atoms with Crippen LogP contribution in [0.15, 0.2) is 0 Å². The number of hydrogen-bond acceptors (Lipinski definition) is 5. The van der Waals surface area contributed by atoms with Crippen molar-refractivity contribution in [2.24, 2.45) is 0 Å². The molecule has 0 bridgehead atoms. The molecule has 108 valence electrons. The molecule has 1 aliphatic heterocycles. The highest BCUT2D eigenvalue weighted by molar-refractivity contribution is 7.11. The number of morpholine rings is 1. The van der Waals surface area contributed by atoms with Gasteiger partial charge in [-0.3, -0.25) is 4.90 Å². The Morgan fingerprint density at radius 2 is 2.21 bits per heavy atom. The van der Waals surface area contributed by atoms with E-state index in [-0.39, 0.29) is 6.10 Å². The lowest BCUT2D eigenvalue weighted by atomic mass is 10.1. The third-order valence-corrected chi connectivity index (χ3v) is 4.84. The standard InChI is InChI=1S/C14H24N2O2S/c1-9(2)16-5-6-18-13(8-16)12(17)7-14-15-10(3)11(4)19-14/h9,12-13,17H,5-8H2,1-4H3. The first kappa shape index (κ1) is 14.9. The smallest absolute Gasteiger partial charge is 0.0965 e. The molecule has 2 heterocycles. The molecule has 4 nitrogen and oxygen atoms in total. The summed E-state index contributed by atoms with van der Waals surface area (Å²) in [6, 6.07) is 0.503. The summed E-state index contributed by atoms with van der Waals surface area (Å²) in [5.74, 6) is 0. The second kappa shape index (κ2) is 6.31. The van der Waals surface area contributed by atoms with E-state index in [0.717, 1.165) is 23.8 Å². The molecule has 0 amide bonds. The van der Waals surface area contributed by atoms with Gasteiger partial charge in [0.1, 0.15) is 0 Å². The van der Waals surface area contributed by atoms with E-state index < -0.39 is 6.10 Å². The Morgan fingerprint density at radius 1 is 1.47 bits per heavy atom. The topological polar surface area (TPSA) is 45.6 Å². The van der Waals surface area contributed by atoms with Gasteiger partial charge in [0.2, 0.25) is 0 Å². The van der Waals surface area contributed by atoms with E-state index >= 15 is 0 Å². The highest BCUT2D eigenvalue weighted by atomic mass is 32.1. The fraction of sp³-hybridized carbons (Fsp3) is 0.786. The fourth-order valence-electron chi connectivity index (χ4n) is 2.34. The molecular formula is C14H24N2O2S. The van der Waals surface area contributed by atoms with Gasteiger partial charge in [-0.15, -0.1) is 11.3 Å². The first-order chi connectivity index (χ1) is 8.97. The van der Waals surface area contributed by atoms with Crippen molar-refractivity contribution in [3.8, 4) is 0 Å². The van der Waals surface area contributed by atoms with Gasteiger partial charge in [-0.2, -0.15) is 0 Å². The lowest BCUT2D eigenvalue weighted by molar-refractivity contribution is -0.0940. The number of aromatic nitrogens is 1. The molecular weight excluding hydrogens is 260 g/mol. The van der Waals surface area contributed by atoms with Crippen LogP contribution in [-0.4, -0.2) is 52.9 Å². The van der Waals surface area contributed by atoms with Crippen molar-refractivity contribution >= 4 is 11.3 Å². The Labute approximate surface area is 119 Å². The average Bonchev–Trinajstić information content (AvgIpc) is 2.68. The third kappa shape index (κ3) is 3.75. The Balaban J connectivity index is 1.93. The third-order valence-electron chi connectivity index (χ3n) is 3.74. The van der Waals surface area contributed by atoms with Crippen LogP contribution in [0.5, 0.6) is 0 Å². The lowest BCUT2D eigenvalue weighted by Crippen LogP contribution is -2.50. The van der Waals surface area contributed by atoms with Crippen LogP contribution in [0.3, 0.4) is 0 Å². The summed E-state index contributed by atoms with van der Waals surface area (Å²) in [5, 5.41) is 11.3. The van der Waals surface area contributed by atoms with Crippen molar-refractivity contribution in [2.45, 2.75) is 52.4 Å². The lowest BCUT2D eigenvalue weighted by Gasteiger charge is -2.37. The summed E-state index contributed by atoms with van der Waals surface area (Å²) < 4.78 is 5.71. The number of nitrogens with zero attached hydrogens (tertiary/aromatic N) is 2. The molecule has 0 aromatic carbocycles. The van der Waals surface area contributed by atoms with Crippen molar-refractivity contribution in [3.63, 3.8) is 0 Å². The van der Waals surface area contributed by atoms with Gasteiger partial charge in [0.25, 0.3) is 0 Å². The summed E-state index contributed by atoms with van der Waals surface area (Å²) in [6.45, 7) is 10.9. The average molecular weight is 284 g/mol. The Kier molecular flexibility index (Phi) is 4.95. The molecule has 1 N–H and O–H groups in total. The first-order valence-electron chi connectivity index (χ1n) is 6.94. The predicted octanol–water partition coefficient (Wildman–Crippen LogP) is 1.77. The maximum Gasteiger partial charge on any atom is 0.0965 e. The molecule has 19 heavy (non-hydrogen) atoms. The molecule has 0 saturated carbocycles. The summed E-state index contributed by atoms with van der Waals surface area (Å²) >= 11 is 1.67. The number of aliphatic hydroxyl groups excluding tert-OH is 1. The molecule has 5 heteroatoms. The monoisotopic (exact) mass is 284 g/mol. The van der Waals surface area contributed by atoms with E-state index in [1.54, 1.807) is 11.3 Å². The van der Waals surface area contributed by atoms with Gasteiger partial charge in [0, 0.05) is 30.4 Å². The van der Waals surface area contributed by atoms with E-state index in [4.69, 9.17) is 4.74 Å². The highest BCUT2D eigenvalue weighted by Gasteiger charge is 2.28. The zero-order chi connectivity index (χ0) is 14.0. The van der Waals surface area contributed by atoms with Crippen molar-refractivity contribution in [1.29, 1.82) is 0 Å². The van der Waals surface area contributed by atoms with Crippen molar-refractivity contribution in [1.82, 2.24) is 9.88 Å². The number of ether oxygens (including phenoxy) is 1. The van der Waals surface area contributed by atoms with Gasteiger partial charge < -0.3 is 9.84 Å². The second-order valence-corrected chi connectivity index (χ2v) is 6.81. The normalized spacial score (nSPS) is 22.9. The molecule has 2 atom stereocenters. The molecule has 1 saturated heterocycles. The van der Waals surface area contributed by atoms with Crippen molar-refractivity contribution in [2.75, 3.05) is 19.7 Å². The number of hydrogen-bond donors (Lipinski definition) is 1. The Hall–Kier alpha value is -0.490. The highest BCUT2D eigenvalue weighted by Crippen LogP contribution is 2.20. The largest absolute Gasteiger partial charge is 0.390 e. The minimum absolute atomic E-state index is 0.0966. The SMILES string of the molecule is Cc1nc(CC(O)C2CN(C(C)C)CCO2)sc1C. The maximum absolute atomic E-state index is 10.3. The molecule has 2 rings (SSSR count). The van der Waals surface area contributed by atoms with Crippen LogP contribution < -0.4 is 0 Å². The maximum atomic E-state index is 10.3. The van der Waals surface area contributed by atoms with E-state index in [9.17, 15) is 5.11 Å². The quantitative estimate of drug-likeness (QED) is 0.915. The van der Waals surface area contributed by atoms with Crippen LogP contribution in [0.2, 0.25) is 0 Å². The van der Waals surface area contributed by atoms with Gasteiger partial charge in [-0.05, 0) is 27.7 Å². The Morgan fingerprint density at radius 3 is 2.79 bits per heavy atom. The molecule has 0 radical (unpaired) electrons. The molecule has 1 aliphatic rings. The van der Waals surface area contributed by atoms with Gasteiger partial charge in [-0.1, -0.05) is 0 Å². The van der Waals surface area contributed by atoms with Crippen LogP contribution in [0.4, 0.5) is 0 Å².